The maximum Gasteiger partial charge on any atom is 0.129 e. The monoisotopic (exact) mass is 288 g/mol. The summed E-state index contributed by atoms with van der Waals surface area (Å²) in [5, 5.41) is 0.974. The average Bonchev–Trinajstić information content (AvgIpc) is 2.83. The number of alkyl halides is 1. The molecule has 0 atom stereocenters. The van der Waals surface area contributed by atoms with Crippen molar-refractivity contribution in [3.63, 3.8) is 0 Å². The van der Waals surface area contributed by atoms with Gasteiger partial charge >= 0.3 is 0 Å². The van der Waals surface area contributed by atoms with Crippen LogP contribution in [0.3, 0.4) is 0 Å². The third-order valence-electron chi connectivity index (χ3n) is 3.07. The fourth-order valence-electron chi connectivity index (χ4n) is 1.88. The molecule has 0 radical (unpaired) electrons. The van der Waals surface area contributed by atoms with Crippen molar-refractivity contribution in [2.75, 3.05) is 25.2 Å². The average molecular weight is 289 g/mol. The minimum atomic E-state index is 0.241. The Morgan fingerprint density at radius 1 is 1.38 bits per heavy atom. The quantitative estimate of drug-likeness (QED) is 0.781. The van der Waals surface area contributed by atoms with Gasteiger partial charge in [0.25, 0.3) is 0 Å². The van der Waals surface area contributed by atoms with Crippen LogP contribution in [0.2, 0.25) is 0 Å². The van der Waals surface area contributed by atoms with Crippen molar-refractivity contribution in [1.29, 1.82) is 0 Å². The molecule has 90 valence electrons. The molecule has 0 amide bonds. The molecular weight excluding hydrogens is 272 g/mol. The lowest BCUT2D eigenvalue weighted by atomic mass is 9.83. The van der Waals surface area contributed by atoms with E-state index in [0.29, 0.717) is 6.61 Å². The zero-order chi connectivity index (χ0) is 11.3. The summed E-state index contributed by atoms with van der Waals surface area (Å²) in [4.78, 5) is 0. The number of hydrogen-bond acceptors (Lipinski definition) is 3. The summed E-state index contributed by atoms with van der Waals surface area (Å²) >= 11 is 3.59. The molecule has 1 aliphatic rings. The second-order valence-electron chi connectivity index (χ2n) is 4.32. The maximum atomic E-state index is 5.73. The molecule has 0 aromatic carbocycles. The van der Waals surface area contributed by atoms with Crippen LogP contribution in [0.5, 0.6) is 0 Å². The highest BCUT2D eigenvalue weighted by molar-refractivity contribution is 9.09. The Morgan fingerprint density at radius 2 is 2.19 bits per heavy atom. The van der Waals surface area contributed by atoms with E-state index < -0.39 is 0 Å². The Bertz CT molecular complexity index is 291. The van der Waals surface area contributed by atoms with Crippen LogP contribution >= 0.6 is 15.9 Å². The van der Waals surface area contributed by atoms with Gasteiger partial charge in [-0.15, -0.1) is 0 Å². The molecule has 0 spiro atoms. The Morgan fingerprint density at radius 3 is 2.81 bits per heavy atom. The van der Waals surface area contributed by atoms with E-state index in [1.807, 2.05) is 12.1 Å². The summed E-state index contributed by atoms with van der Waals surface area (Å²) in [6.07, 6.45) is 3.81. The van der Waals surface area contributed by atoms with Gasteiger partial charge in [0.2, 0.25) is 0 Å². The molecule has 1 aromatic rings. The summed E-state index contributed by atoms with van der Waals surface area (Å²) in [5.74, 6) is 0.886. The zero-order valence-corrected chi connectivity index (χ0v) is 10.9. The number of rotatable bonds is 5. The molecule has 16 heavy (non-hydrogen) atoms. The lowest BCUT2D eigenvalue weighted by molar-refractivity contribution is -0.0339. The molecule has 4 heteroatoms. The van der Waals surface area contributed by atoms with E-state index in [0.717, 1.165) is 43.8 Å². The zero-order valence-electron chi connectivity index (χ0n) is 9.28. The highest BCUT2D eigenvalue weighted by Gasteiger charge is 2.31. The van der Waals surface area contributed by atoms with E-state index in [2.05, 4.69) is 15.9 Å². The van der Waals surface area contributed by atoms with E-state index >= 15 is 0 Å². The Kier molecular flexibility index (Phi) is 4.44. The van der Waals surface area contributed by atoms with Crippen molar-refractivity contribution >= 4 is 15.9 Å². The SMILES string of the molecule is BrCC1(COCc2ccco2)CCOCC1. The fourth-order valence-corrected chi connectivity index (χ4v) is 2.61. The Balaban J connectivity index is 1.78. The minimum absolute atomic E-state index is 0.241. The number of halogens is 1. The van der Waals surface area contributed by atoms with Crippen LogP contribution in [0, 0.1) is 5.41 Å². The van der Waals surface area contributed by atoms with Gasteiger partial charge in [0, 0.05) is 24.0 Å². The van der Waals surface area contributed by atoms with Crippen molar-refractivity contribution in [1.82, 2.24) is 0 Å². The lowest BCUT2D eigenvalue weighted by Crippen LogP contribution is -2.35. The van der Waals surface area contributed by atoms with Crippen molar-refractivity contribution in [3.05, 3.63) is 24.2 Å². The molecule has 0 unspecified atom stereocenters. The van der Waals surface area contributed by atoms with E-state index in [1.54, 1.807) is 6.26 Å². The van der Waals surface area contributed by atoms with Gasteiger partial charge in [-0.05, 0) is 25.0 Å². The predicted octanol–water partition coefficient (Wildman–Crippen LogP) is 2.99. The molecule has 3 nitrogen and oxygen atoms in total. The fraction of sp³-hybridized carbons (Fsp3) is 0.667. The van der Waals surface area contributed by atoms with Crippen LogP contribution in [-0.4, -0.2) is 25.2 Å². The number of hydrogen-bond donors (Lipinski definition) is 0. The molecule has 0 N–H and O–H groups in total. The van der Waals surface area contributed by atoms with E-state index in [-0.39, 0.29) is 5.41 Å². The van der Waals surface area contributed by atoms with Crippen LogP contribution in [0.25, 0.3) is 0 Å². The molecule has 2 heterocycles. The molecule has 1 saturated heterocycles. The van der Waals surface area contributed by atoms with Crippen molar-refractivity contribution in [2.45, 2.75) is 19.4 Å². The summed E-state index contributed by atoms with van der Waals surface area (Å²) in [6, 6.07) is 3.82. The Labute approximate surface area is 104 Å². The highest BCUT2D eigenvalue weighted by Crippen LogP contribution is 2.33. The van der Waals surface area contributed by atoms with E-state index in [9.17, 15) is 0 Å². The Hall–Kier alpha value is -0.320. The predicted molar refractivity (Wildman–Crippen MR) is 64.6 cm³/mol. The molecule has 1 aliphatic heterocycles. The van der Waals surface area contributed by atoms with Crippen LogP contribution < -0.4 is 0 Å². The van der Waals surface area contributed by atoms with Crippen LogP contribution in [0.15, 0.2) is 22.8 Å². The molecule has 1 aromatic heterocycles. The molecule has 0 saturated carbocycles. The van der Waals surface area contributed by atoms with E-state index in [4.69, 9.17) is 13.9 Å². The first-order valence-electron chi connectivity index (χ1n) is 5.58. The van der Waals surface area contributed by atoms with Crippen LogP contribution in [0.4, 0.5) is 0 Å². The highest BCUT2D eigenvalue weighted by atomic mass is 79.9. The molecule has 0 bridgehead atoms. The maximum absolute atomic E-state index is 5.73. The summed E-state index contributed by atoms with van der Waals surface area (Å²) < 4.78 is 16.3. The molecular formula is C12H17BrO3. The molecule has 1 fully saturated rings. The number of furan rings is 1. The first kappa shape index (κ1) is 12.1. The van der Waals surface area contributed by atoms with E-state index in [1.165, 1.54) is 0 Å². The van der Waals surface area contributed by atoms with Gasteiger partial charge in [-0.1, -0.05) is 15.9 Å². The van der Waals surface area contributed by atoms with Crippen molar-refractivity contribution < 1.29 is 13.9 Å². The third-order valence-corrected chi connectivity index (χ3v) is 4.26. The first-order valence-corrected chi connectivity index (χ1v) is 6.71. The molecule has 0 aliphatic carbocycles. The van der Waals surface area contributed by atoms with Crippen molar-refractivity contribution in [2.24, 2.45) is 5.41 Å². The van der Waals surface area contributed by atoms with Gasteiger partial charge in [0.1, 0.15) is 12.4 Å². The normalized spacial score (nSPS) is 19.8. The van der Waals surface area contributed by atoms with Gasteiger partial charge in [-0.2, -0.15) is 0 Å². The first-order chi connectivity index (χ1) is 7.85. The lowest BCUT2D eigenvalue weighted by Gasteiger charge is -2.35. The van der Waals surface area contributed by atoms with Crippen molar-refractivity contribution in [3.8, 4) is 0 Å². The number of ether oxygens (including phenoxy) is 2. The van der Waals surface area contributed by atoms with Gasteiger partial charge in [0.15, 0.2) is 0 Å². The summed E-state index contributed by atoms with van der Waals surface area (Å²) in [6.45, 7) is 3.01. The molecule has 2 rings (SSSR count). The largest absolute Gasteiger partial charge is 0.467 e. The summed E-state index contributed by atoms with van der Waals surface area (Å²) in [5.41, 5.74) is 0.241. The topological polar surface area (TPSA) is 31.6 Å². The minimum Gasteiger partial charge on any atom is -0.467 e. The van der Waals surface area contributed by atoms with Crippen LogP contribution in [0.1, 0.15) is 18.6 Å². The standard InChI is InChI=1S/C12H17BrO3/c13-9-12(3-6-14-7-4-12)10-15-8-11-2-1-5-16-11/h1-2,5H,3-4,6-10H2. The van der Waals surface area contributed by atoms with Gasteiger partial charge in [-0.3, -0.25) is 0 Å². The second-order valence-corrected chi connectivity index (χ2v) is 4.88. The van der Waals surface area contributed by atoms with Gasteiger partial charge < -0.3 is 13.9 Å². The van der Waals surface area contributed by atoms with Crippen LogP contribution in [-0.2, 0) is 16.1 Å². The third kappa shape index (κ3) is 3.09. The summed E-state index contributed by atoms with van der Waals surface area (Å²) in [7, 11) is 0. The smallest absolute Gasteiger partial charge is 0.129 e. The van der Waals surface area contributed by atoms with Gasteiger partial charge in [0.05, 0.1) is 12.9 Å². The van der Waals surface area contributed by atoms with Gasteiger partial charge in [-0.25, -0.2) is 0 Å². The second kappa shape index (κ2) is 5.84.